The first-order valence-corrected chi connectivity index (χ1v) is 6.51. The molecule has 1 rings (SSSR count). The summed E-state index contributed by atoms with van der Waals surface area (Å²) in [5.41, 5.74) is 5.37. The quantitative estimate of drug-likeness (QED) is 0.791. The summed E-state index contributed by atoms with van der Waals surface area (Å²) in [6.07, 6.45) is 0.805. The van der Waals surface area contributed by atoms with Crippen LogP contribution in [0, 0.1) is 11.3 Å². The number of likely N-dealkylation sites (tertiary alicyclic amines) is 1. The maximum Gasteiger partial charge on any atom is 0.229 e. The number of nitrogens with two attached hydrogens (primary N) is 1. The van der Waals surface area contributed by atoms with E-state index >= 15 is 0 Å². The van der Waals surface area contributed by atoms with Crippen molar-refractivity contribution in [2.24, 2.45) is 17.1 Å². The molecular formula is C13H27N3O. The van der Waals surface area contributed by atoms with Gasteiger partial charge in [0.1, 0.15) is 0 Å². The Morgan fingerprint density at radius 2 is 2.06 bits per heavy atom. The van der Waals surface area contributed by atoms with E-state index in [0.717, 1.165) is 19.5 Å². The molecule has 3 unspecified atom stereocenters. The standard InChI is InChI=1S/C13H27N3O/c1-6-13(3,9-14)12(17)16-7-10(2)11(8-16)15(4)5/h10-11H,6-9,14H2,1-5H3. The molecule has 0 aromatic heterocycles. The van der Waals surface area contributed by atoms with Crippen LogP contribution in [0.1, 0.15) is 27.2 Å². The summed E-state index contributed by atoms with van der Waals surface area (Å²) < 4.78 is 0. The molecular weight excluding hydrogens is 214 g/mol. The molecule has 1 aliphatic rings. The lowest BCUT2D eigenvalue weighted by atomic mass is 9.86. The average molecular weight is 241 g/mol. The van der Waals surface area contributed by atoms with Gasteiger partial charge in [-0.1, -0.05) is 13.8 Å². The zero-order chi connectivity index (χ0) is 13.2. The molecule has 1 fully saturated rings. The molecule has 0 radical (unpaired) electrons. The maximum absolute atomic E-state index is 12.5. The van der Waals surface area contributed by atoms with Crippen LogP contribution in [0.4, 0.5) is 0 Å². The summed E-state index contributed by atoms with van der Waals surface area (Å²) in [6, 6.07) is 0.470. The Hall–Kier alpha value is -0.610. The van der Waals surface area contributed by atoms with Crippen molar-refractivity contribution in [3.8, 4) is 0 Å². The van der Waals surface area contributed by atoms with Crippen LogP contribution in [0.25, 0.3) is 0 Å². The van der Waals surface area contributed by atoms with Crippen LogP contribution >= 0.6 is 0 Å². The average Bonchev–Trinajstić information content (AvgIpc) is 2.69. The smallest absolute Gasteiger partial charge is 0.229 e. The van der Waals surface area contributed by atoms with Gasteiger partial charge in [0, 0.05) is 25.7 Å². The van der Waals surface area contributed by atoms with E-state index in [4.69, 9.17) is 5.73 Å². The molecule has 1 heterocycles. The van der Waals surface area contributed by atoms with Gasteiger partial charge in [0.2, 0.25) is 5.91 Å². The molecule has 1 aliphatic heterocycles. The molecule has 1 amide bonds. The lowest BCUT2D eigenvalue weighted by Crippen LogP contribution is -2.46. The zero-order valence-electron chi connectivity index (χ0n) is 11.9. The molecule has 0 bridgehead atoms. The molecule has 4 heteroatoms. The van der Waals surface area contributed by atoms with Crippen LogP contribution in [0.2, 0.25) is 0 Å². The van der Waals surface area contributed by atoms with Gasteiger partial charge >= 0.3 is 0 Å². The molecule has 0 aromatic carbocycles. The highest BCUT2D eigenvalue weighted by Gasteiger charge is 2.40. The lowest BCUT2D eigenvalue weighted by molar-refractivity contribution is -0.140. The predicted octanol–water partition coefficient (Wildman–Crippen LogP) is 0.770. The Labute approximate surface area is 105 Å². The van der Waals surface area contributed by atoms with Crippen LogP contribution in [0.3, 0.4) is 0 Å². The second-order valence-electron chi connectivity index (χ2n) is 5.84. The minimum absolute atomic E-state index is 0.221. The molecule has 0 aliphatic carbocycles. The van der Waals surface area contributed by atoms with Gasteiger partial charge in [-0.05, 0) is 33.4 Å². The number of likely N-dealkylation sites (N-methyl/N-ethyl adjacent to an activating group) is 1. The van der Waals surface area contributed by atoms with Gasteiger partial charge in [-0.2, -0.15) is 0 Å². The number of hydrogen-bond donors (Lipinski definition) is 1. The molecule has 0 aromatic rings. The van der Waals surface area contributed by atoms with Crippen LogP contribution in [-0.2, 0) is 4.79 Å². The van der Waals surface area contributed by atoms with Gasteiger partial charge in [-0.15, -0.1) is 0 Å². The Bertz CT molecular complexity index is 274. The monoisotopic (exact) mass is 241 g/mol. The van der Waals surface area contributed by atoms with Gasteiger partial charge in [0.15, 0.2) is 0 Å². The van der Waals surface area contributed by atoms with Crippen molar-refractivity contribution in [2.45, 2.75) is 33.2 Å². The number of nitrogens with zero attached hydrogens (tertiary/aromatic N) is 2. The number of carbonyl (C=O) groups is 1. The van der Waals surface area contributed by atoms with Crippen LogP contribution in [0.5, 0.6) is 0 Å². The Kier molecular flexibility index (Phi) is 4.55. The summed E-state index contributed by atoms with van der Waals surface area (Å²) in [4.78, 5) is 16.7. The van der Waals surface area contributed by atoms with Crippen LogP contribution in [-0.4, -0.2) is 55.5 Å². The third-order valence-corrected chi connectivity index (χ3v) is 4.27. The first kappa shape index (κ1) is 14.5. The molecule has 17 heavy (non-hydrogen) atoms. The number of rotatable bonds is 4. The van der Waals surface area contributed by atoms with Crippen molar-refractivity contribution in [3.05, 3.63) is 0 Å². The largest absolute Gasteiger partial charge is 0.340 e. The summed E-state index contributed by atoms with van der Waals surface area (Å²) in [5, 5.41) is 0. The van der Waals surface area contributed by atoms with E-state index < -0.39 is 0 Å². The molecule has 0 spiro atoms. The first-order chi connectivity index (χ1) is 7.85. The van der Waals surface area contributed by atoms with Crippen molar-refractivity contribution in [3.63, 3.8) is 0 Å². The number of amides is 1. The topological polar surface area (TPSA) is 49.6 Å². The van der Waals surface area contributed by atoms with Crippen molar-refractivity contribution >= 4 is 5.91 Å². The van der Waals surface area contributed by atoms with E-state index in [1.807, 2.05) is 18.7 Å². The van der Waals surface area contributed by atoms with Crippen molar-refractivity contribution in [1.29, 1.82) is 0 Å². The SMILES string of the molecule is CCC(C)(CN)C(=O)N1CC(C)C(N(C)C)C1. The maximum atomic E-state index is 12.5. The van der Waals surface area contributed by atoms with Crippen LogP contribution in [0.15, 0.2) is 0 Å². The fourth-order valence-corrected chi connectivity index (χ4v) is 2.55. The molecule has 100 valence electrons. The number of hydrogen-bond acceptors (Lipinski definition) is 3. The second-order valence-corrected chi connectivity index (χ2v) is 5.84. The fraction of sp³-hybridized carbons (Fsp3) is 0.923. The van der Waals surface area contributed by atoms with E-state index in [9.17, 15) is 4.79 Å². The first-order valence-electron chi connectivity index (χ1n) is 6.51. The normalized spacial score (nSPS) is 28.5. The minimum Gasteiger partial charge on any atom is -0.340 e. The van der Waals surface area contributed by atoms with Crippen molar-refractivity contribution < 1.29 is 4.79 Å². The van der Waals surface area contributed by atoms with Crippen molar-refractivity contribution in [1.82, 2.24) is 9.80 Å². The third kappa shape index (κ3) is 2.80. The zero-order valence-corrected chi connectivity index (χ0v) is 11.9. The second kappa shape index (κ2) is 5.36. The highest BCUT2D eigenvalue weighted by Crippen LogP contribution is 2.28. The number of carbonyl (C=O) groups excluding carboxylic acids is 1. The molecule has 0 saturated carbocycles. The van der Waals surface area contributed by atoms with Gasteiger partial charge in [0.25, 0.3) is 0 Å². The summed E-state index contributed by atoms with van der Waals surface area (Å²) >= 11 is 0. The molecule has 2 N–H and O–H groups in total. The van der Waals surface area contributed by atoms with Crippen LogP contribution < -0.4 is 5.73 Å². The lowest BCUT2D eigenvalue weighted by Gasteiger charge is -2.31. The Morgan fingerprint density at radius 3 is 2.41 bits per heavy atom. The third-order valence-electron chi connectivity index (χ3n) is 4.27. The highest BCUT2D eigenvalue weighted by atomic mass is 16.2. The minimum atomic E-state index is -0.388. The molecule has 1 saturated heterocycles. The van der Waals surface area contributed by atoms with Gasteiger partial charge < -0.3 is 15.5 Å². The van der Waals surface area contributed by atoms with E-state index in [0.29, 0.717) is 18.5 Å². The molecule has 3 atom stereocenters. The van der Waals surface area contributed by atoms with Gasteiger partial charge in [-0.25, -0.2) is 0 Å². The highest BCUT2D eigenvalue weighted by molar-refractivity contribution is 5.83. The summed E-state index contributed by atoms with van der Waals surface area (Å²) in [5.74, 6) is 0.756. The van der Waals surface area contributed by atoms with Crippen molar-refractivity contribution in [2.75, 3.05) is 33.7 Å². The fourth-order valence-electron chi connectivity index (χ4n) is 2.55. The summed E-state index contributed by atoms with van der Waals surface area (Å²) in [7, 11) is 4.16. The van der Waals surface area contributed by atoms with E-state index in [1.54, 1.807) is 0 Å². The summed E-state index contributed by atoms with van der Waals surface area (Å²) in [6.45, 7) is 8.35. The van der Waals surface area contributed by atoms with E-state index in [-0.39, 0.29) is 11.3 Å². The van der Waals surface area contributed by atoms with Gasteiger partial charge in [0.05, 0.1) is 5.41 Å². The van der Waals surface area contributed by atoms with Gasteiger partial charge in [-0.3, -0.25) is 4.79 Å². The predicted molar refractivity (Wildman–Crippen MR) is 70.7 cm³/mol. The van der Waals surface area contributed by atoms with E-state index in [1.165, 1.54) is 0 Å². The molecule has 4 nitrogen and oxygen atoms in total. The Balaban J connectivity index is 2.74. The Morgan fingerprint density at radius 1 is 1.47 bits per heavy atom. The van der Waals surface area contributed by atoms with E-state index in [2.05, 4.69) is 25.9 Å².